The summed E-state index contributed by atoms with van der Waals surface area (Å²) in [7, 11) is 2.20. The van der Waals surface area contributed by atoms with Crippen molar-refractivity contribution in [3.05, 3.63) is 0 Å². The molecule has 1 atom stereocenters. The van der Waals surface area contributed by atoms with Crippen LogP contribution in [0.15, 0.2) is 0 Å². The number of likely N-dealkylation sites (N-methyl/N-ethyl adjacent to an activating group) is 1. The molecule has 3 heteroatoms. The fourth-order valence-electron chi connectivity index (χ4n) is 1.65. The highest BCUT2D eigenvalue weighted by molar-refractivity contribution is 5.85. The molecule has 2 aliphatic rings. The van der Waals surface area contributed by atoms with E-state index < -0.39 is 0 Å². The Morgan fingerprint density at radius 3 is 2.36 bits per heavy atom. The van der Waals surface area contributed by atoms with Crippen LogP contribution in [0.25, 0.3) is 0 Å². The molecule has 1 unspecified atom stereocenters. The van der Waals surface area contributed by atoms with Gasteiger partial charge < -0.3 is 10.2 Å². The predicted octanol–water partition coefficient (Wildman–Crippen LogP) is 0.864. The summed E-state index contributed by atoms with van der Waals surface area (Å²) in [4.78, 5) is 2.40. The van der Waals surface area contributed by atoms with E-state index in [1.54, 1.807) is 0 Å². The van der Waals surface area contributed by atoms with Crippen LogP contribution in [0, 0.1) is 0 Å². The minimum Gasteiger partial charge on any atom is -0.310 e. The lowest BCUT2D eigenvalue weighted by Crippen LogP contribution is -2.32. The van der Waals surface area contributed by atoms with Gasteiger partial charge in [0.1, 0.15) is 0 Å². The lowest BCUT2D eigenvalue weighted by atomic mass is 10.2. The third-order valence-electron chi connectivity index (χ3n) is 2.44. The molecule has 2 fully saturated rings. The van der Waals surface area contributed by atoms with Gasteiger partial charge in [0.05, 0.1) is 0 Å². The Balaban J connectivity index is 0.000000605. The van der Waals surface area contributed by atoms with E-state index in [1.165, 1.54) is 32.4 Å². The minimum atomic E-state index is 0. The monoisotopic (exact) mass is 176 g/mol. The molecule has 0 amide bonds. The van der Waals surface area contributed by atoms with Crippen molar-refractivity contribution < 1.29 is 0 Å². The van der Waals surface area contributed by atoms with E-state index in [9.17, 15) is 0 Å². The van der Waals surface area contributed by atoms with Crippen LogP contribution in [0.5, 0.6) is 0 Å². The maximum atomic E-state index is 3.64. The summed E-state index contributed by atoms with van der Waals surface area (Å²) in [6.45, 7) is 2.54. The van der Waals surface area contributed by atoms with E-state index in [4.69, 9.17) is 0 Å². The molecule has 2 nitrogen and oxygen atoms in total. The average Bonchev–Trinajstić information content (AvgIpc) is 2.59. The summed E-state index contributed by atoms with van der Waals surface area (Å²) in [5.74, 6) is 0. The Labute approximate surface area is 74.7 Å². The Morgan fingerprint density at radius 2 is 1.91 bits per heavy atom. The summed E-state index contributed by atoms with van der Waals surface area (Å²) in [5, 5.41) is 3.64. The van der Waals surface area contributed by atoms with Crippen LogP contribution in [0.4, 0.5) is 0 Å². The van der Waals surface area contributed by atoms with E-state index in [0.29, 0.717) is 0 Å². The molecule has 0 aromatic heterocycles. The standard InChI is InChI=1S/C8H16N2.ClH/c1-10-5-4-8(6-10)9-7-2-3-7;/h7-9H,2-6H2,1H3;1H. The second-order valence-electron chi connectivity index (χ2n) is 3.69. The summed E-state index contributed by atoms with van der Waals surface area (Å²) in [6.07, 6.45) is 4.19. The Morgan fingerprint density at radius 1 is 1.18 bits per heavy atom. The normalized spacial score (nSPS) is 31.9. The van der Waals surface area contributed by atoms with Crippen molar-refractivity contribution in [1.82, 2.24) is 10.2 Å². The highest BCUT2D eigenvalue weighted by Gasteiger charge is 2.27. The van der Waals surface area contributed by atoms with Gasteiger partial charge in [0, 0.05) is 18.6 Å². The number of halogens is 1. The fourth-order valence-corrected chi connectivity index (χ4v) is 1.65. The zero-order chi connectivity index (χ0) is 6.97. The highest BCUT2D eigenvalue weighted by Crippen LogP contribution is 2.21. The summed E-state index contributed by atoms with van der Waals surface area (Å²) < 4.78 is 0. The number of likely N-dealkylation sites (tertiary alicyclic amines) is 1. The van der Waals surface area contributed by atoms with E-state index >= 15 is 0 Å². The number of rotatable bonds is 2. The van der Waals surface area contributed by atoms with Crippen LogP contribution in [0.3, 0.4) is 0 Å². The number of hydrogen-bond acceptors (Lipinski definition) is 2. The summed E-state index contributed by atoms with van der Waals surface area (Å²) in [6, 6.07) is 1.69. The minimum absolute atomic E-state index is 0. The van der Waals surface area contributed by atoms with E-state index in [1.807, 2.05) is 0 Å². The zero-order valence-electron chi connectivity index (χ0n) is 7.05. The van der Waals surface area contributed by atoms with Gasteiger partial charge in [-0.15, -0.1) is 12.4 Å². The van der Waals surface area contributed by atoms with Gasteiger partial charge in [0.2, 0.25) is 0 Å². The van der Waals surface area contributed by atoms with Gasteiger partial charge in [-0.3, -0.25) is 0 Å². The molecule has 1 heterocycles. The SMILES string of the molecule is CN1CCC(NC2CC2)C1.Cl. The lowest BCUT2D eigenvalue weighted by Gasteiger charge is -2.10. The van der Waals surface area contributed by atoms with Gasteiger partial charge >= 0.3 is 0 Å². The van der Waals surface area contributed by atoms with Crippen molar-refractivity contribution in [2.24, 2.45) is 0 Å². The summed E-state index contributed by atoms with van der Waals surface area (Å²) in [5.41, 5.74) is 0. The van der Waals surface area contributed by atoms with E-state index in [2.05, 4.69) is 17.3 Å². The van der Waals surface area contributed by atoms with Crippen molar-refractivity contribution in [2.75, 3.05) is 20.1 Å². The summed E-state index contributed by atoms with van der Waals surface area (Å²) >= 11 is 0. The third-order valence-corrected chi connectivity index (χ3v) is 2.44. The molecule has 1 N–H and O–H groups in total. The first-order chi connectivity index (χ1) is 4.84. The zero-order valence-corrected chi connectivity index (χ0v) is 7.86. The molecule has 1 saturated heterocycles. The highest BCUT2D eigenvalue weighted by atomic mass is 35.5. The molecular formula is C8H17ClN2. The molecule has 0 aromatic carbocycles. The van der Waals surface area contributed by atoms with Gasteiger partial charge in [0.25, 0.3) is 0 Å². The molecule has 66 valence electrons. The molecule has 0 aromatic rings. The van der Waals surface area contributed by atoms with Crippen molar-refractivity contribution in [1.29, 1.82) is 0 Å². The van der Waals surface area contributed by atoms with Gasteiger partial charge in [-0.2, -0.15) is 0 Å². The van der Waals surface area contributed by atoms with Crippen molar-refractivity contribution >= 4 is 12.4 Å². The lowest BCUT2D eigenvalue weighted by molar-refractivity contribution is 0.397. The molecule has 0 spiro atoms. The molecule has 1 saturated carbocycles. The van der Waals surface area contributed by atoms with Gasteiger partial charge in [-0.05, 0) is 32.9 Å². The molecule has 2 rings (SSSR count). The predicted molar refractivity (Wildman–Crippen MR) is 49.3 cm³/mol. The van der Waals surface area contributed by atoms with Crippen molar-refractivity contribution in [3.8, 4) is 0 Å². The Kier molecular flexibility index (Phi) is 3.16. The third kappa shape index (κ3) is 2.62. The number of hydrogen-bond donors (Lipinski definition) is 1. The first-order valence-electron chi connectivity index (χ1n) is 4.29. The van der Waals surface area contributed by atoms with Crippen LogP contribution in [-0.4, -0.2) is 37.1 Å². The largest absolute Gasteiger partial charge is 0.310 e. The number of nitrogens with one attached hydrogen (secondary N) is 1. The number of nitrogens with zero attached hydrogens (tertiary/aromatic N) is 1. The maximum absolute atomic E-state index is 3.64. The first kappa shape index (κ1) is 9.30. The molecule has 1 aliphatic carbocycles. The van der Waals surface area contributed by atoms with E-state index in [-0.39, 0.29) is 12.4 Å². The van der Waals surface area contributed by atoms with Gasteiger partial charge in [0.15, 0.2) is 0 Å². The molecule has 0 bridgehead atoms. The topological polar surface area (TPSA) is 15.3 Å². The maximum Gasteiger partial charge on any atom is 0.0209 e. The van der Waals surface area contributed by atoms with Crippen LogP contribution in [-0.2, 0) is 0 Å². The van der Waals surface area contributed by atoms with Gasteiger partial charge in [-0.25, -0.2) is 0 Å². The van der Waals surface area contributed by atoms with Crippen molar-refractivity contribution in [2.45, 2.75) is 31.3 Å². The van der Waals surface area contributed by atoms with Crippen LogP contribution >= 0.6 is 12.4 Å². The molecule has 1 aliphatic heterocycles. The molecule has 11 heavy (non-hydrogen) atoms. The van der Waals surface area contributed by atoms with Crippen LogP contribution in [0.2, 0.25) is 0 Å². The van der Waals surface area contributed by atoms with Crippen molar-refractivity contribution in [3.63, 3.8) is 0 Å². The van der Waals surface area contributed by atoms with E-state index in [0.717, 1.165) is 12.1 Å². The quantitative estimate of drug-likeness (QED) is 0.672. The van der Waals surface area contributed by atoms with Gasteiger partial charge in [-0.1, -0.05) is 0 Å². The first-order valence-corrected chi connectivity index (χ1v) is 4.29. The Hall–Kier alpha value is 0.210. The smallest absolute Gasteiger partial charge is 0.0209 e. The molecule has 0 radical (unpaired) electrons. The Bertz CT molecular complexity index is 125. The van der Waals surface area contributed by atoms with Crippen LogP contribution in [0.1, 0.15) is 19.3 Å². The fraction of sp³-hybridized carbons (Fsp3) is 1.00. The second kappa shape index (κ2) is 3.74. The average molecular weight is 177 g/mol. The second-order valence-corrected chi connectivity index (χ2v) is 3.69. The molecular weight excluding hydrogens is 160 g/mol. The van der Waals surface area contributed by atoms with Crippen LogP contribution < -0.4 is 5.32 Å².